The van der Waals surface area contributed by atoms with Crippen LogP contribution in [0.2, 0.25) is 0 Å². The molecule has 0 aliphatic rings. The third-order valence-electron chi connectivity index (χ3n) is 2.04. The van der Waals surface area contributed by atoms with E-state index in [-0.39, 0.29) is 0 Å². The summed E-state index contributed by atoms with van der Waals surface area (Å²) < 4.78 is 11.5. The molecular weight excluding hydrogens is 490 g/mol. The molecule has 0 bridgehead atoms. The first-order valence-corrected chi connectivity index (χ1v) is 24.4. The zero-order chi connectivity index (χ0) is 11.6. The first-order chi connectivity index (χ1) is 7.12. The van der Waals surface area contributed by atoms with Crippen LogP contribution in [0.5, 0.6) is 0 Å². The van der Waals surface area contributed by atoms with Crippen molar-refractivity contribution in [1.29, 1.82) is 0 Å². The topological polar surface area (TPSA) is 18.5 Å². The summed E-state index contributed by atoms with van der Waals surface area (Å²) in [5.74, 6) is 0. The van der Waals surface area contributed by atoms with Crippen LogP contribution in [0.25, 0.3) is 0 Å². The van der Waals surface area contributed by atoms with Crippen molar-refractivity contribution in [3.05, 3.63) is 0 Å². The summed E-state index contributed by atoms with van der Waals surface area (Å²) in [6.07, 6.45) is 7.20. The molecule has 0 fully saturated rings. The zero-order valence-corrected chi connectivity index (χ0v) is 16.5. The van der Waals surface area contributed by atoms with Crippen LogP contribution in [0.15, 0.2) is 0 Å². The Kier molecular flexibility index (Phi) is 12.1. The second kappa shape index (κ2) is 10.9. The monoisotopic (exact) mass is 512 g/mol. The molecule has 0 saturated heterocycles. The molecule has 92 valence electrons. The summed E-state index contributed by atoms with van der Waals surface area (Å²) in [6.45, 7) is 6.03. The van der Waals surface area contributed by atoms with Gasteiger partial charge in [0.2, 0.25) is 0 Å². The third kappa shape index (κ3) is 12.0. The van der Waals surface area contributed by atoms with E-state index in [4.69, 9.17) is 5.71 Å². The number of hydrogen-bond acceptors (Lipinski definition) is 2. The zero-order valence-electron chi connectivity index (χ0n) is 9.73. The molecular formula is C10H22Br2HfO2. The average molecular weight is 513 g/mol. The van der Waals surface area contributed by atoms with Crippen molar-refractivity contribution in [2.45, 2.75) is 52.4 Å². The Balaban J connectivity index is 3.40. The van der Waals surface area contributed by atoms with Gasteiger partial charge in [-0.25, -0.2) is 0 Å². The van der Waals surface area contributed by atoms with Crippen molar-refractivity contribution in [1.82, 2.24) is 0 Å². The minimum absolute atomic E-state index is 0.819. The van der Waals surface area contributed by atoms with Gasteiger partial charge in [0.05, 0.1) is 0 Å². The maximum absolute atomic E-state index is 5.75. The summed E-state index contributed by atoms with van der Waals surface area (Å²) in [7, 11) is 0. The SMILES string of the molecule is CCCCC[O][Hf]([Br])([Br])[O]CCCCC. The third-order valence-corrected chi connectivity index (χ3v) is 13.4. The van der Waals surface area contributed by atoms with Crippen LogP contribution in [0.4, 0.5) is 0 Å². The molecule has 0 aliphatic carbocycles. The quantitative estimate of drug-likeness (QED) is 0.303. The molecule has 0 unspecified atom stereocenters. The normalized spacial score (nSPS) is 12.0. The van der Waals surface area contributed by atoms with Crippen LogP contribution in [0.1, 0.15) is 52.4 Å². The summed E-state index contributed by atoms with van der Waals surface area (Å²) in [4.78, 5) is 0. The van der Waals surface area contributed by atoms with E-state index in [1.54, 1.807) is 0 Å². The van der Waals surface area contributed by atoms with Crippen molar-refractivity contribution in [2.75, 3.05) is 13.2 Å². The van der Waals surface area contributed by atoms with Gasteiger partial charge in [0.25, 0.3) is 0 Å². The minimum atomic E-state index is -3.02. The molecule has 0 aromatic rings. The predicted molar refractivity (Wildman–Crippen MR) is 68.8 cm³/mol. The molecule has 0 rings (SSSR count). The number of unbranched alkanes of at least 4 members (excludes halogenated alkanes) is 4. The first-order valence-electron chi connectivity index (χ1n) is 5.78. The number of hydrogen-bond donors (Lipinski definition) is 0. The molecule has 0 heterocycles. The molecule has 0 aromatic carbocycles. The average Bonchev–Trinajstić information content (AvgIpc) is 2.20. The van der Waals surface area contributed by atoms with Crippen LogP contribution in [-0.4, -0.2) is 13.2 Å². The van der Waals surface area contributed by atoms with E-state index in [9.17, 15) is 0 Å². The second-order valence-corrected chi connectivity index (χ2v) is 34.8. The Labute approximate surface area is 111 Å². The maximum atomic E-state index is 5.75. The Morgan fingerprint density at radius 1 is 0.800 bits per heavy atom. The fraction of sp³-hybridized carbons (Fsp3) is 1.00. The van der Waals surface area contributed by atoms with Crippen molar-refractivity contribution < 1.29 is 21.9 Å². The molecule has 0 atom stereocenters. The summed E-state index contributed by atoms with van der Waals surface area (Å²) in [6, 6.07) is 0. The van der Waals surface area contributed by atoms with Crippen molar-refractivity contribution in [2.24, 2.45) is 0 Å². The molecule has 15 heavy (non-hydrogen) atoms. The van der Waals surface area contributed by atoms with Crippen LogP contribution >= 0.6 is 24.6 Å². The molecule has 0 spiro atoms. The van der Waals surface area contributed by atoms with Crippen molar-refractivity contribution in [3.63, 3.8) is 0 Å². The van der Waals surface area contributed by atoms with Crippen molar-refractivity contribution >= 4 is 24.6 Å². The number of rotatable bonds is 10. The fourth-order valence-electron chi connectivity index (χ4n) is 1.13. The standard InChI is InChI=1S/2C5H11O.2BrH.Hf/c2*1-2-3-4-5-6;;;/h2*2-5H2,1H3;2*1H;/q2*-1;;;+4/p-2. The van der Waals surface area contributed by atoms with Gasteiger partial charge in [0, 0.05) is 0 Å². The van der Waals surface area contributed by atoms with Crippen LogP contribution in [-0.2, 0) is 21.9 Å². The van der Waals surface area contributed by atoms with E-state index < -0.39 is 16.2 Å². The van der Waals surface area contributed by atoms with Gasteiger partial charge in [-0.15, -0.1) is 0 Å². The Bertz CT molecular complexity index is 131. The van der Waals surface area contributed by atoms with Gasteiger partial charge >= 0.3 is 112 Å². The molecule has 2 nitrogen and oxygen atoms in total. The molecule has 0 radical (unpaired) electrons. The second-order valence-electron chi connectivity index (χ2n) is 3.57. The van der Waals surface area contributed by atoms with Gasteiger partial charge in [-0.05, 0) is 0 Å². The van der Waals surface area contributed by atoms with Gasteiger partial charge in [0.15, 0.2) is 0 Å². The van der Waals surface area contributed by atoms with E-state index in [0.29, 0.717) is 0 Å². The van der Waals surface area contributed by atoms with E-state index in [0.717, 1.165) is 26.1 Å². The summed E-state index contributed by atoms with van der Waals surface area (Å²) in [5, 5.41) is 0. The molecule has 0 N–H and O–H groups in total. The fourth-order valence-corrected chi connectivity index (χ4v) is 9.47. The van der Waals surface area contributed by atoms with Gasteiger partial charge in [0.1, 0.15) is 0 Å². The predicted octanol–water partition coefficient (Wildman–Crippen LogP) is 5.00. The van der Waals surface area contributed by atoms with Crippen LogP contribution in [0, 0.1) is 0 Å². The Hall–Kier alpha value is 1.75. The first kappa shape index (κ1) is 16.8. The van der Waals surface area contributed by atoms with E-state index >= 15 is 0 Å². The van der Waals surface area contributed by atoms with Gasteiger partial charge in [-0.2, -0.15) is 0 Å². The molecule has 5 heteroatoms. The van der Waals surface area contributed by atoms with E-state index in [1.165, 1.54) is 25.7 Å². The van der Waals surface area contributed by atoms with Gasteiger partial charge in [-0.1, -0.05) is 0 Å². The molecule has 0 amide bonds. The van der Waals surface area contributed by atoms with Crippen LogP contribution < -0.4 is 0 Å². The number of halogens is 2. The van der Waals surface area contributed by atoms with Crippen molar-refractivity contribution in [3.8, 4) is 0 Å². The molecule has 0 aromatic heterocycles. The van der Waals surface area contributed by atoms with Gasteiger partial charge in [-0.3, -0.25) is 0 Å². The van der Waals surface area contributed by atoms with E-state index in [1.807, 2.05) is 0 Å². The molecule has 0 aliphatic heterocycles. The summed E-state index contributed by atoms with van der Waals surface area (Å²) >= 11 is 4.14. The van der Waals surface area contributed by atoms with Crippen LogP contribution in [0.3, 0.4) is 0 Å². The van der Waals surface area contributed by atoms with E-state index in [2.05, 4.69) is 38.4 Å². The molecule has 0 saturated carbocycles. The summed E-state index contributed by atoms with van der Waals surface area (Å²) in [5.41, 5.74) is 0. The Morgan fingerprint density at radius 3 is 1.53 bits per heavy atom. The Morgan fingerprint density at radius 2 is 1.20 bits per heavy atom. The van der Waals surface area contributed by atoms with Gasteiger partial charge < -0.3 is 0 Å².